The van der Waals surface area contributed by atoms with Crippen molar-refractivity contribution in [3.8, 4) is 0 Å². The minimum absolute atomic E-state index is 0.257. The molecule has 0 radical (unpaired) electrons. The summed E-state index contributed by atoms with van der Waals surface area (Å²) < 4.78 is 1.90. The van der Waals surface area contributed by atoms with Crippen LogP contribution >= 0.6 is 0 Å². The molecule has 2 aliphatic rings. The van der Waals surface area contributed by atoms with Crippen molar-refractivity contribution in [2.24, 2.45) is 5.92 Å². The van der Waals surface area contributed by atoms with Gasteiger partial charge in [-0.15, -0.1) is 0 Å². The van der Waals surface area contributed by atoms with Gasteiger partial charge in [0.15, 0.2) is 0 Å². The van der Waals surface area contributed by atoms with E-state index < -0.39 is 0 Å². The van der Waals surface area contributed by atoms with E-state index in [1.54, 1.807) is 0 Å². The maximum atomic E-state index is 12.9. The molecule has 1 aromatic carbocycles. The van der Waals surface area contributed by atoms with Crippen LogP contribution in [0.3, 0.4) is 0 Å². The van der Waals surface area contributed by atoms with Crippen LogP contribution in [0.4, 0.5) is 0 Å². The SMILES string of the molecule is O=c1c2c(ccn1Cc1ccccc1)CC[C@@H]1CCC[C@H]21. The summed E-state index contributed by atoms with van der Waals surface area (Å²) in [7, 11) is 0. The number of rotatable bonds is 2. The molecule has 2 nitrogen and oxygen atoms in total. The Kier molecular flexibility index (Phi) is 3.17. The Morgan fingerprint density at radius 1 is 1.05 bits per heavy atom. The quantitative estimate of drug-likeness (QED) is 0.821. The first-order valence-corrected chi connectivity index (χ1v) is 8.09. The van der Waals surface area contributed by atoms with E-state index in [0.29, 0.717) is 12.5 Å². The molecule has 108 valence electrons. The monoisotopic (exact) mass is 279 g/mol. The van der Waals surface area contributed by atoms with Gasteiger partial charge >= 0.3 is 0 Å². The molecule has 2 heteroatoms. The van der Waals surface area contributed by atoms with Crippen LogP contribution in [-0.2, 0) is 13.0 Å². The Morgan fingerprint density at radius 2 is 1.90 bits per heavy atom. The smallest absolute Gasteiger partial charge is 0.254 e. The standard InChI is InChI=1S/C19H21NO/c21-19-18-16(10-9-15-7-4-8-17(15)18)11-12-20(19)13-14-5-2-1-3-6-14/h1-3,5-6,11-12,15,17H,4,7-10,13H2/t15-,17-/m0/s1. The molecule has 0 N–H and O–H groups in total. The molecular weight excluding hydrogens is 258 g/mol. The highest BCUT2D eigenvalue weighted by atomic mass is 16.1. The minimum Gasteiger partial charge on any atom is -0.311 e. The molecule has 0 saturated heterocycles. The Bertz CT molecular complexity index is 701. The van der Waals surface area contributed by atoms with Crippen molar-refractivity contribution in [2.45, 2.75) is 44.6 Å². The fourth-order valence-electron chi connectivity index (χ4n) is 4.25. The van der Waals surface area contributed by atoms with Crippen molar-refractivity contribution in [1.29, 1.82) is 0 Å². The van der Waals surface area contributed by atoms with Gasteiger partial charge in [0.05, 0.1) is 6.54 Å². The number of benzene rings is 1. The van der Waals surface area contributed by atoms with Crippen molar-refractivity contribution < 1.29 is 0 Å². The first-order chi connectivity index (χ1) is 10.3. The highest BCUT2D eigenvalue weighted by molar-refractivity contribution is 5.32. The Morgan fingerprint density at radius 3 is 2.76 bits per heavy atom. The van der Waals surface area contributed by atoms with Crippen LogP contribution in [0.25, 0.3) is 0 Å². The van der Waals surface area contributed by atoms with Gasteiger partial charge in [0, 0.05) is 11.8 Å². The molecule has 1 saturated carbocycles. The zero-order chi connectivity index (χ0) is 14.2. The molecule has 4 rings (SSSR count). The van der Waals surface area contributed by atoms with Gasteiger partial charge in [-0.25, -0.2) is 0 Å². The van der Waals surface area contributed by atoms with Crippen LogP contribution in [0.1, 0.15) is 48.3 Å². The third-order valence-corrected chi connectivity index (χ3v) is 5.30. The molecule has 2 aliphatic carbocycles. The molecule has 1 fully saturated rings. The highest BCUT2D eigenvalue weighted by Crippen LogP contribution is 2.45. The first-order valence-electron chi connectivity index (χ1n) is 8.09. The molecule has 1 heterocycles. The molecular formula is C19H21NO. The van der Waals surface area contributed by atoms with E-state index >= 15 is 0 Å². The average molecular weight is 279 g/mol. The lowest BCUT2D eigenvalue weighted by Crippen LogP contribution is -2.31. The third kappa shape index (κ3) is 2.23. The van der Waals surface area contributed by atoms with Gasteiger partial charge in [-0.1, -0.05) is 36.8 Å². The van der Waals surface area contributed by atoms with Crippen LogP contribution in [0, 0.1) is 5.92 Å². The second-order valence-electron chi connectivity index (χ2n) is 6.51. The largest absolute Gasteiger partial charge is 0.311 e. The van der Waals surface area contributed by atoms with Gasteiger partial charge in [0.25, 0.3) is 5.56 Å². The lowest BCUT2D eigenvalue weighted by atomic mass is 9.78. The molecule has 21 heavy (non-hydrogen) atoms. The van der Waals surface area contributed by atoms with Crippen molar-refractivity contribution in [2.75, 3.05) is 0 Å². The molecule has 1 aromatic heterocycles. The molecule has 0 aliphatic heterocycles. The summed E-state index contributed by atoms with van der Waals surface area (Å²) in [5.74, 6) is 1.29. The Labute approximate surface area is 125 Å². The Balaban J connectivity index is 1.74. The molecule has 2 atom stereocenters. The number of pyridine rings is 1. The molecule has 0 unspecified atom stereocenters. The number of hydrogen-bond acceptors (Lipinski definition) is 1. The topological polar surface area (TPSA) is 22.0 Å². The minimum atomic E-state index is 0.257. The number of fused-ring (bicyclic) bond motifs is 3. The zero-order valence-corrected chi connectivity index (χ0v) is 12.3. The molecule has 0 amide bonds. The normalized spacial score (nSPS) is 23.6. The molecule has 0 bridgehead atoms. The highest BCUT2D eigenvalue weighted by Gasteiger charge is 2.35. The predicted octanol–water partition coefficient (Wildman–Crippen LogP) is 3.73. The van der Waals surface area contributed by atoms with Gasteiger partial charge in [0.1, 0.15) is 0 Å². The number of hydrogen-bond donors (Lipinski definition) is 0. The van der Waals surface area contributed by atoms with E-state index in [1.807, 2.05) is 29.0 Å². The number of aryl methyl sites for hydroxylation is 1. The zero-order valence-electron chi connectivity index (χ0n) is 12.3. The van der Waals surface area contributed by atoms with Gasteiger partial charge in [0.2, 0.25) is 0 Å². The van der Waals surface area contributed by atoms with Crippen molar-refractivity contribution in [3.05, 3.63) is 69.6 Å². The summed E-state index contributed by atoms with van der Waals surface area (Å²) in [6.07, 6.45) is 8.18. The van der Waals surface area contributed by atoms with Crippen molar-refractivity contribution in [1.82, 2.24) is 4.57 Å². The van der Waals surface area contributed by atoms with Crippen molar-refractivity contribution in [3.63, 3.8) is 0 Å². The second-order valence-corrected chi connectivity index (χ2v) is 6.51. The lowest BCUT2D eigenvalue weighted by molar-refractivity contribution is 0.416. The molecule has 2 aromatic rings. The van der Waals surface area contributed by atoms with Gasteiger partial charge < -0.3 is 4.57 Å². The maximum Gasteiger partial charge on any atom is 0.254 e. The van der Waals surface area contributed by atoms with E-state index in [4.69, 9.17) is 0 Å². The summed E-state index contributed by atoms with van der Waals surface area (Å²) in [6, 6.07) is 12.4. The summed E-state index contributed by atoms with van der Waals surface area (Å²) >= 11 is 0. The van der Waals surface area contributed by atoms with E-state index in [1.165, 1.54) is 36.8 Å². The van der Waals surface area contributed by atoms with Crippen LogP contribution in [-0.4, -0.2) is 4.57 Å². The predicted molar refractivity (Wildman–Crippen MR) is 84.6 cm³/mol. The fraction of sp³-hybridized carbons (Fsp3) is 0.421. The summed E-state index contributed by atoms with van der Waals surface area (Å²) in [5.41, 5.74) is 3.90. The molecule has 0 spiro atoms. The maximum absolute atomic E-state index is 12.9. The van der Waals surface area contributed by atoms with Crippen LogP contribution in [0.5, 0.6) is 0 Å². The summed E-state index contributed by atoms with van der Waals surface area (Å²) in [5, 5.41) is 0. The van der Waals surface area contributed by atoms with Crippen LogP contribution in [0.15, 0.2) is 47.4 Å². The number of aromatic nitrogens is 1. The van der Waals surface area contributed by atoms with Crippen LogP contribution in [0.2, 0.25) is 0 Å². The third-order valence-electron chi connectivity index (χ3n) is 5.30. The van der Waals surface area contributed by atoms with E-state index in [-0.39, 0.29) is 5.56 Å². The van der Waals surface area contributed by atoms with E-state index in [9.17, 15) is 4.79 Å². The van der Waals surface area contributed by atoms with Gasteiger partial charge in [-0.3, -0.25) is 4.79 Å². The lowest BCUT2D eigenvalue weighted by Gasteiger charge is -2.28. The van der Waals surface area contributed by atoms with Crippen LogP contribution < -0.4 is 5.56 Å². The van der Waals surface area contributed by atoms with E-state index in [2.05, 4.69) is 18.2 Å². The average Bonchev–Trinajstić information content (AvgIpc) is 2.99. The Hall–Kier alpha value is -1.83. The first kappa shape index (κ1) is 12.9. The summed E-state index contributed by atoms with van der Waals surface area (Å²) in [4.78, 5) is 12.9. The van der Waals surface area contributed by atoms with E-state index in [0.717, 1.165) is 17.9 Å². The second kappa shape index (κ2) is 5.18. The summed E-state index contributed by atoms with van der Waals surface area (Å²) in [6.45, 7) is 0.685. The van der Waals surface area contributed by atoms with Gasteiger partial charge in [-0.2, -0.15) is 0 Å². The van der Waals surface area contributed by atoms with Gasteiger partial charge in [-0.05, 0) is 54.7 Å². The fourth-order valence-corrected chi connectivity index (χ4v) is 4.25. The van der Waals surface area contributed by atoms with Crippen molar-refractivity contribution >= 4 is 0 Å². The number of nitrogens with zero attached hydrogens (tertiary/aromatic N) is 1.